The molecule has 1 saturated heterocycles. The first-order valence-electron chi connectivity index (χ1n) is 4.47. The van der Waals surface area contributed by atoms with Crippen LogP contribution in [0.25, 0.3) is 0 Å². The van der Waals surface area contributed by atoms with Crippen molar-refractivity contribution in [2.24, 2.45) is 0 Å². The fourth-order valence-corrected chi connectivity index (χ4v) is 1.32. The largest absolute Gasteiger partial charge is 0.369 e. The summed E-state index contributed by atoms with van der Waals surface area (Å²) in [5.74, 6) is 0. The topological polar surface area (TPSA) is 47.0 Å². The fourth-order valence-electron chi connectivity index (χ4n) is 1.32. The number of rotatable bonds is 1. The monoisotopic (exact) mass is 179 g/mol. The van der Waals surface area contributed by atoms with Crippen LogP contribution >= 0.6 is 0 Å². The zero-order valence-corrected chi connectivity index (χ0v) is 7.66. The number of hydrogen-bond acceptors (Lipinski definition) is 4. The molecular formula is C9H13N3O. The van der Waals surface area contributed by atoms with Crippen LogP contribution in [0.4, 0.5) is 0 Å². The lowest BCUT2D eigenvalue weighted by molar-refractivity contribution is 0.0248. The van der Waals surface area contributed by atoms with E-state index in [1.165, 1.54) is 0 Å². The minimum Gasteiger partial charge on any atom is -0.369 e. The lowest BCUT2D eigenvalue weighted by Crippen LogP contribution is -2.33. The average molecular weight is 179 g/mol. The standard InChI is InChI=1S/C9H13N3O/c1-7-4-12-8(5-11-7)9-6-10-2-3-13-9/h4-5,9-10H,2-3,6H2,1H3. The summed E-state index contributed by atoms with van der Waals surface area (Å²) in [5, 5.41) is 3.26. The van der Waals surface area contributed by atoms with Crippen molar-refractivity contribution >= 4 is 0 Å². The minimum absolute atomic E-state index is 0.0712. The molecular weight excluding hydrogens is 166 g/mol. The summed E-state index contributed by atoms with van der Waals surface area (Å²) < 4.78 is 5.54. The van der Waals surface area contributed by atoms with E-state index in [1.54, 1.807) is 12.4 Å². The molecule has 0 saturated carbocycles. The molecule has 70 valence electrons. The first kappa shape index (κ1) is 8.59. The van der Waals surface area contributed by atoms with Crippen LogP contribution in [0.5, 0.6) is 0 Å². The molecule has 1 aliphatic heterocycles. The molecule has 0 amide bonds. The molecule has 1 aliphatic rings. The Morgan fingerprint density at radius 2 is 2.38 bits per heavy atom. The number of aryl methyl sites for hydroxylation is 1. The minimum atomic E-state index is 0.0712. The summed E-state index contributed by atoms with van der Waals surface area (Å²) in [5.41, 5.74) is 1.85. The predicted molar refractivity (Wildman–Crippen MR) is 48.3 cm³/mol. The maximum Gasteiger partial charge on any atom is 0.113 e. The highest BCUT2D eigenvalue weighted by Crippen LogP contribution is 2.14. The second-order valence-corrected chi connectivity index (χ2v) is 3.15. The predicted octanol–water partition coefficient (Wildman–Crippen LogP) is 0.446. The normalized spacial score (nSPS) is 23.0. The Labute approximate surface area is 77.4 Å². The second kappa shape index (κ2) is 3.81. The number of ether oxygens (including phenoxy) is 1. The zero-order valence-electron chi connectivity index (χ0n) is 7.66. The van der Waals surface area contributed by atoms with Gasteiger partial charge in [0.2, 0.25) is 0 Å². The molecule has 4 nitrogen and oxygen atoms in total. The van der Waals surface area contributed by atoms with E-state index in [0.29, 0.717) is 0 Å². The summed E-state index contributed by atoms with van der Waals surface area (Å²) in [7, 11) is 0. The third-order valence-electron chi connectivity index (χ3n) is 2.06. The Morgan fingerprint density at radius 1 is 1.46 bits per heavy atom. The van der Waals surface area contributed by atoms with Crippen molar-refractivity contribution in [3.8, 4) is 0 Å². The van der Waals surface area contributed by atoms with E-state index in [2.05, 4.69) is 15.3 Å². The molecule has 2 heterocycles. The van der Waals surface area contributed by atoms with E-state index in [9.17, 15) is 0 Å². The molecule has 2 rings (SSSR count). The quantitative estimate of drug-likeness (QED) is 0.679. The molecule has 1 atom stereocenters. The molecule has 1 aromatic rings. The Balaban J connectivity index is 2.10. The number of aromatic nitrogens is 2. The van der Waals surface area contributed by atoms with Gasteiger partial charge in [-0.25, -0.2) is 0 Å². The van der Waals surface area contributed by atoms with Crippen molar-refractivity contribution in [2.45, 2.75) is 13.0 Å². The summed E-state index contributed by atoms with van der Waals surface area (Å²) >= 11 is 0. The fraction of sp³-hybridized carbons (Fsp3) is 0.556. The van der Waals surface area contributed by atoms with Crippen LogP contribution in [-0.2, 0) is 4.74 Å². The lowest BCUT2D eigenvalue weighted by Gasteiger charge is -2.22. The van der Waals surface area contributed by atoms with Crippen LogP contribution in [-0.4, -0.2) is 29.7 Å². The molecule has 13 heavy (non-hydrogen) atoms. The van der Waals surface area contributed by atoms with Crippen molar-refractivity contribution in [1.82, 2.24) is 15.3 Å². The number of nitrogens with one attached hydrogen (secondary N) is 1. The molecule has 0 aromatic carbocycles. The summed E-state index contributed by atoms with van der Waals surface area (Å²) in [6.45, 7) is 4.44. The maximum atomic E-state index is 5.54. The SMILES string of the molecule is Cc1cnc(C2CNCCO2)cn1. The van der Waals surface area contributed by atoms with E-state index >= 15 is 0 Å². The molecule has 1 unspecified atom stereocenters. The summed E-state index contributed by atoms with van der Waals surface area (Å²) in [4.78, 5) is 8.46. The summed E-state index contributed by atoms with van der Waals surface area (Å²) in [6, 6.07) is 0. The highest BCUT2D eigenvalue weighted by atomic mass is 16.5. The van der Waals surface area contributed by atoms with Gasteiger partial charge in [-0.05, 0) is 6.92 Å². The van der Waals surface area contributed by atoms with E-state index in [0.717, 1.165) is 31.1 Å². The van der Waals surface area contributed by atoms with Crippen molar-refractivity contribution in [2.75, 3.05) is 19.7 Å². The molecule has 1 N–H and O–H groups in total. The first-order valence-corrected chi connectivity index (χ1v) is 4.47. The summed E-state index contributed by atoms with van der Waals surface area (Å²) in [6.07, 6.45) is 3.63. The molecule has 0 radical (unpaired) electrons. The van der Waals surface area contributed by atoms with Crippen molar-refractivity contribution in [3.05, 3.63) is 23.8 Å². The molecule has 1 aromatic heterocycles. The Morgan fingerprint density at radius 3 is 3.00 bits per heavy atom. The van der Waals surface area contributed by atoms with Crippen LogP contribution in [0.15, 0.2) is 12.4 Å². The van der Waals surface area contributed by atoms with Gasteiger partial charge in [-0.15, -0.1) is 0 Å². The molecule has 0 bridgehead atoms. The van der Waals surface area contributed by atoms with Crippen molar-refractivity contribution in [1.29, 1.82) is 0 Å². The van der Waals surface area contributed by atoms with Gasteiger partial charge in [-0.2, -0.15) is 0 Å². The highest BCUT2D eigenvalue weighted by Gasteiger charge is 2.16. The zero-order chi connectivity index (χ0) is 9.10. The van der Waals surface area contributed by atoms with Crippen molar-refractivity contribution in [3.63, 3.8) is 0 Å². The van der Waals surface area contributed by atoms with Gasteiger partial charge in [0.15, 0.2) is 0 Å². The third kappa shape index (κ3) is 2.02. The van der Waals surface area contributed by atoms with Gasteiger partial charge in [-0.3, -0.25) is 9.97 Å². The number of morpholine rings is 1. The molecule has 0 spiro atoms. The van der Waals surface area contributed by atoms with Gasteiger partial charge in [-0.1, -0.05) is 0 Å². The van der Waals surface area contributed by atoms with E-state index < -0.39 is 0 Å². The maximum absolute atomic E-state index is 5.54. The van der Waals surface area contributed by atoms with E-state index in [-0.39, 0.29) is 6.10 Å². The van der Waals surface area contributed by atoms with Crippen LogP contribution in [0.3, 0.4) is 0 Å². The number of nitrogens with zero attached hydrogens (tertiary/aromatic N) is 2. The Bertz CT molecular complexity index is 267. The molecule has 4 heteroatoms. The first-order chi connectivity index (χ1) is 6.36. The van der Waals surface area contributed by atoms with Gasteiger partial charge in [0.25, 0.3) is 0 Å². The van der Waals surface area contributed by atoms with Gasteiger partial charge in [0, 0.05) is 19.3 Å². The highest BCUT2D eigenvalue weighted by molar-refractivity contribution is 5.05. The Kier molecular flexibility index (Phi) is 2.52. The van der Waals surface area contributed by atoms with Gasteiger partial charge in [0.05, 0.1) is 24.2 Å². The number of hydrogen-bond donors (Lipinski definition) is 1. The van der Waals surface area contributed by atoms with Gasteiger partial charge < -0.3 is 10.1 Å². The van der Waals surface area contributed by atoms with Gasteiger partial charge >= 0.3 is 0 Å². The molecule has 0 aliphatic carbocycles. The second-order valence-electron chi connectivity index (χ2n) is 3.15. The van der Waals surface area contributed by atoms with Gasteiger partial charge in [0.1, 0.15) is 6.10 Å². The van der Waals surface area contributed by atoms with Crippen LogP contribution in [0.1, 0.15) is 17.5 Å². The van der Waals surface area contributed by atoms with Crippen LogP contribution in [0.2, 0.25) is 0 Å². The molecule has 1 fully saturated rings. The van der Waals surface area contributed by atoms with Crippen LogP contribution in [0, 0.1) is 6.92 Å². The average Bonchev–Trinajstić information content (AvgIpc) is 2.20. The van der Waals surface area contributed by atoms with E-state index in [1.807, 2.05) is 6.92 Å². The Hall–Kier alpha value is -1.00. The lowest BCUT2D eigenvalue weighted by atomic mass is 10.2. The van der Waals surface area contributed by atoms with Crippen molar-refractivity contribution < 1.29 is 4.74 Å². The van der Waals surface area contributed by atoms with E-state index in [4.69, 9.17) is 4.74 Å². The van der Waals surface area contributed by atoms with Crippen LogP contribution < -0.4 is 5.32 Å². The third-order valence-corrected chi connectivity index (χ3v) is 2.06. The smallest absolute Gasteiger partial charge is 0.113 e.